The zero-order valence-corrected chi connectivity index (χ0v) is 32.0. The molecule has 0 N–H and O–H groups in total. The highest BCUT2D eigenvalue weighted by Crippen LogP contribution is 2.49. The van der Waals surface area contributed by atoms with Crippen LogP contribution in [0, 0.1) is 0 Å². The molecular formula is C54H33NO2S. The van der Waals surface area contributed by atoms with E-state index in [0.717, 1.165) is 83.2 Å². The number of rotatable bonds is 6. The standard InChI is InChI=1S/C54H33NO2S/c1-4-13-34(14-5-1)37-23-26-45-49(31-37)57-53-40(35-15-6-2-7-16-35)28-29-47(52(45)53)55(39-24-27-43-42-19-10-11-22-48(42)56-50(43)33-39)38-25-30-51-46(32-38)44-21-12-20-41(54(44)58-51)36-17-8-3-9-18-36/h1-33H. The molecule has 0 radical (unpaired) electrons. The summed E-state index contributed by atoms with van der Waals surface area (Å²) in [6, 6.07) is 71.3. The third-order valence-electron chi connectivity index (χ3n) is 11.5. The van der Waals surface area contributed by atoms with Gasteiger partial charge in [0.25, 0.3) is 0 Å². The zero-order chi connectivity index (χ0) is 38.2. The molecule has 0 saturated carbocycles. The number of thiophene rings is 1. The second-order valence-corrected chi connectivity index (χ2v) is 15.9. The number of nitrogens with zero attached hydrogens (tertiary/aromatic N) is 1. The largest absolute Gasteiger partial charge is 0.456 e. The fourth-order valence-corrected chi connectivity index (χ4v) is 9.97. The number of hydrogen-bond acceptors (Lipinski definition) is 4. The van der Waals surface area contributed by atoms with Crippen LogP contribution in [0.1, 0.15) is 0 Å². The summed E-state index contributed by atoms with van der Waals surface area (Å²) >= 11 is 1.86. The van der Waals surface area contributed by atoms with Gasteiger partial charge in [-0.3, -0.25) is 0 Å². The molecule has 0 spiro atoms. The first kappa shape index (κ1) is 32.8. The van der Waals surface area contributed by atoms with Gasteiger partial charge in [-0.2, -0.15) is 0 Å². The molecule has 0 aliphatic carbocycles. The average Bonchev–Trinajstić information content (AvgIpc) is 3.98. The van der Waals surface area contributed by atoms with Crippen molar-refractivity contribution in [3.63, 3.8) is 0 Å². The predicted octanol–water partition coefficient (Wildman–Crippen LogP) is 16.3. The molecule has 0 aliphatic rings. The van der Waals surface area contributed by atoms with Gasteiger partial charge in [-0.25, -0.2) is 0 Å². The molecule has 3 heterocycles. The van der Waals surface area contributed by atoms with Crippen LogP contribution >= 0.6 is 11.3 Å². The fraction of sp³-hybridized carbons (Fsp3) is 0. The van der Waals surface area contributed by atoms with Crippen molar-refractivity contribution in [2.24, 2.45) is 0 Å². The topological polar surface area (TPSA) is 29.5 Å². The van der Waals surface area contributed by atoms with Gasteiger partial charge in [0.05, 0.1) is 11.1 Å². The quantitative estimate of drug-likeness (QED) is 0.169. The van der Waals surface area contributed by atoms with Crippen molar-refractivity contribution in [1.82, 2.24) is 0 Å². The molecule has 3 nitrogen and oxygen atoms in total. The summed E-state index contributed by atoms with van der Waals surface area (Å²) in [6.45, 7) is 0. The van der Waals surface area contributed by atoms with E-state index in [1.807, 2.05) is 23.5 Å². The molecule has 0 unspecified atom stereocenters. The van der Waals surface area contributed by atoms with Gasteiger partial charge in [0.2, 0.25) is 0 Å². The van der Waals surface area contributed by atoms with Crippen LogP contribution < -0.4 is 4.90 Å². The normalized spacial score (nSPS) is 11.8. The van der Waals surface area contributed by atoms with Crippen molar-refractivity contribution >= 4 is 92.4 Å². The summed E-state index contributed by atoms with van der Waals surface area (Å²) < 4.78 is 16.1. The Kier molecular flexibility index (Phi) is 7.40. The monoisotopic (exact) mass is 759 g/mol. The lowest BCUT2D eigenvalue weighted by Crippen LogP contribution is -2.10. The third kappa shape index (κ3) is 5.19. The van der Waals surface area contributed by atoms with Crippen LogP contribution in [0.25, 0.3) is 97.4 Å². The fourth-order valence-electron chi connectivity index (χ4n) is 8.75. The lowest BCUT2D eigenvalue weighted by Gasteiger charge is -2.27. The Morgan fingerprint density at radius 3 is 1.81 bits per heavy atom. The van der Waals surface area contributed by atoms with E-state index < -0.39 is 0 Å². The van der Waals surface area contributed by atoms with E-state index in [-0.39, 0.29) is 0 Å². The zero-order valence-electron chi connectivity index (χ0n) is 31.2. The molecule has 4 heteroatoms. The number of furan rings is 2. The van der Waals surface area contributed by atoms with Gasteiger partial charge in [-0.1, -0.05) is 133 Å². The van der Waals surface area contributed by atoms with Crippen molar-refractivity contribution in [3.8, 4) is 33.4 Å². The van der Waals surface area contributed by atoms with Crippen molar-refractivity contribution in [2.75, 3.05) is 4.90 Å². The first-order valence-electron chi connectivity index (χ1n) is 19.6. The van der Waals surface area contributed by atoms with Gasteiger partial charge in [0.15, 0.2) is 0 Å². The van der Waals surface area contributed by atoms with Crippen molar-refractivity contribution < 1.29 is 8.83 Å². The van der Waals surface area contributed by atoms with Gasteiger partial charge >= 0.3 is 0 Å². The number of para-hydroxylation sites is 1. The van der Waals surface area contributed by atoms with E-state index in [9.17, 15) is 0 Å². The minimum absolute atomic E-state index is 0.847. The van der Waals surface area contributed by atoms with E-state index in [0.29, 0.717) is 0 Å². The molecule has 3 aromatic heterocycles. The van der Waals surface area contributed by atoms with Crippen LogP contribution in [0.4, 0.5) is 17.1 Å². The molecule has 12 rings (SSSR count). The van der Waals surface area contributed by atoms with E-state index in [2.05, 4.69) is 193 Å². The maximum absolute atomic E-state index is 7.00. The summed E-state index contributed by atoms with van der Waals surface area (Å²) in [4.78, 5) is 2.38. The van der Waals surface area contributed by atoms with Gasteiger partial charge < -0.3 is 13.7 Å². The Morgan fingerprint density at radius 2 is 1.00 bits per heavy atom. The van der Waals surface area contributed by atoms with Gasteiger partial charge in [-0.05, 0) is 88.5 Å². The summed E-state index contributed by atoms with van der Waals surface area (Å²) in [5.74, 6) is 0. The van der Waals surface area contributed by atoms with Crippen LogP contribution in [0.5, 0.6) is 0 Å². The number of hydrogen-bond donors (Lipinski definition) is 0. The van der Waals surface area contributed by atoms with Crippen molar-refractivity contribution in [1.29, 1.82) is 0 Å². The smallest absolute Gasteiger partial charge is 0.145 e. The molecule has 0 saturated heterocycles. The average molecular weight is 760 g/mol. The van der Waals surface area contributed by atoms with Crippen molar-refractivity contribution in [3.05, 3.63) is 200 Å². The molecule has 0 bridgehead atoms. The first-order chi connectivity index (χ1) is 28.7. The first-order valence-corrected chi connectivity index (χ1v) is 20.4. The second kappa shape index (κ2) is 13.1. The Morgan fingerprint density at radius 1 is 0.362 bits per heavy atom. The molecular weight excluding hydrogens is 727 g/mol. The Bertz CT molecular complexity index is 3510. The molecule has 12 aromatic rings. The summed E-state index contributed by atoms with van der Waals surface area (Å²) in [7, 11) is 0. The maximum Gasteiger partial charge on any atom is 0.145 e. The van der Waals surface area contributed by atoms with Gasteiger partial charge in [0, 0.05) is 59.3 Å². The second-order valence-electron chi connectivity index (χ2n) is 14.8. The van der Waals surface area contributed by atoms with E-state index in [1.165, 1.54) is 31.3 Å². The minimum atomic E-state index is 0.847. The molecule has 0 aliphatic heterocycles. The predicted molar refractivity (Wildman–Crippen MR) is 245 cm³/mol. The lowest BCUT2D eigenvalue weighted by molar-refractivity contribution is 0.669. The molecule has 58 heavy (non-hydrogen) atoms. The SMILES string of the molecule is c1ccc(-c2ccc3c(c2)oc2c(-c4ccccc4)ccc(N(c4ccc5c(c4)oc4ccccc45)c4ccc5sc6c(-c7ccccc7)cccc6c5c4)c23)cc1. The molecule has 0 fully saturated rings. The van der Waals surface area contributed by atoms with E-state index in [4.69, 9.17) is 8.83 Å². The van der Waals surface area contributed by atoms with Crippen molar-refractivity contribution in [2.45, 2.75) is 0 Å². The summed E-state index contributed by atoms with van der Waals surface area (Å²) in [5.41, 5.74) is 13.4. The van der Waals surface area contributed by atoms with E-state index in [1.54, 1.807) is 0 Å². The van der Waals surface area contributed by atoms with Gasteiger partial charge in [0.1, 0.15) is 22.3 Å². The van der Waals surface area contributed by atoms with Crippen LogP contribution in [0.3, 0.4) is 0 Å². The van der Waals surface area contributed by atoms with Crippen LogP contribution in [0.2, 0.25) is 0 Å². The lowest BCUT2D eigenvalue weighted by atomic mass is 9.98. The molecule has 0 atom stereocenters. The summed E-state index contributed by atoms with van der Waals surface area (Å²) in [6.07, 6.45) is 0. The van der Waals surface area contributed by atoms with Gasteiger partial charge in [-0.15, -0.1) is 11.3 Å². The van der Waals surface area contributed by atoms with Crippen LogP contribution in [-0.2, 0) is 0 Å². The highest BCUT2D eigenvalue weighted by atomic mass is 32.1. The molecule has 9 aromatic carbocycles. The third-order valence-corrected chi connectivity index (χ3v) is 12.7. The molecule has 0 amide bonds. The van der Waals surface area contributed by atoms with Crippen LogP contribution in [0.15, 0.2) is 209 Å². The number of fused-ring (bicyclic) bond motifs is 9. The highest BCUT2D eigenvalue weighted by Gasteiger charge is 2.24. The highest BCUT2D eigenvalue weighted by molar-refractivity contribution is 7.26. The Hall–Kier alpha value is -7.40. The minimum Gasteiger partial charge on any atom is -0.456 e. The maximum atomic E-state index is 7.00. The summed E-state index contributed by atoms with van der Waals surface area (Å²) in [5, 5.41) is 6.81. The Labute approximate surface area is 338 Å². The number of anilines is 3. The Balaban J connectivity index is 1.14. The van der Waals surface area contributed by atoms with E-state index >= 15 is 0 Å². The van der Waals surface area contributed by atoms with Crippen LogP contribution in [-0.4, -0.2) is 0 Å². The molecule has 272 valence electrons. The number of benzene rings is 9.